The molecule has 0 aliphatic carbocycles. The van der Waals surface area contributed by atoms with Crippen molar-refractivity contribution in [3.63, 3.8) is 0 Å². The minimum Gasteiger partial charge on any atom is -0.398 e. The van der Waals surface area contributed by atoms with Gasteiger partial charge in [-0.3, -0.25) is 9.59 Å². The maximum Gasteiger partial charge on any atom is 0.272 e. The Hall–Kier alpha value is -2.08. The van der Waals surface area contributed by atoms with E-state index < -0.39 is 0 Å². The molecule has 18 heavy (non-hydrogen) atoms. The number of rotatable bonds is 2. The maximum atomic E-state index is 11.8. The fraction of sp³-hybridized carbons (Fsp3) is 0. The van der Waals surface area contributed by atoms with Crippen LogP contribution >= 0.6 is 15.9 Å². The van der Waals surface area contributed by atoms with Crippen molar-refractivity contribution < 1.29 is 4.79 Å². The number of anilines is 2. The first-order chi connectivity index (χ1) is 8.56. The van der Waals surface area contributed by atoms with Crippen molar-refractivity contribution in [1.29, 1.82) is 0 Å². The van der Waals surface area contributed by atoms with E-state index in [1.165, 1.54) is 18.2 Å². The third kappa shape index (κ3) is 2.78. The van der Waals surface area contributed by atoms with Crippen molar-refractivity contribution >= 4 is 33.2 Å². The molecule has 6 heteroatoms. The highest BCUT2D eigenvalue weighted by atomic mass is 79.9. The summed E-state index contributed by atoms with van der Waals surface area (Å²) in [4.78, 5) is 25.4. The third-order valence-corrected chi connectivity index (χ3v) is 2.96. The Kier molecular flexibility index (Phi) is 3.47. The summed E-state index contributed by atoms with van der Waals surface area (Å²) in [6.45, 7) is 0. The summed E-state index contributed by atoms with van der Waals surface area (Å²) in [6.07, 6.45) is 0. The van der Waals surface area contributed by atoms with Gasteiger partial charge in [0.2, 0.25) is 5.56 Å². The van der Waals surface area contributed by atoms with Gasteiger partial charge < -0.3 is 16.0 Å². The SMILES string of the molecule is Nc1ccc(NC(=O)c2cccc(=O)[nH]2)cc1Br. The van der Waals surface area contributed by atoms with Gasteiger partial charge in [0.1, 0.15) is 5.69 Å². The molecule has 0 aliphatic rings. The number of carbonyl (C=O) groups excluding carboxylic acids is 1. The van der Waals surface area contributed by atoms with Crippen molar-refractivity contribution in [2.24, 2.45) is 0 Å². The standard InChI is InChI=1S/C12H10BrN3O2/c13-8-6-7(4-5-9(8)14)15-12(18)10-2-1-3-11(17)16-10/h1-6H,14H2,(H,15,18)(H,16,17). The van der Waals surface area contributed by atoms with E-state index in [9.17, 15) is 9.59 Å². The molecule has 0 fully saturated rings. The van der Waals surface area contributed by atoms with Gasteiger partial charge in [0.25, 0.3) is 5.91 Å². The van der Waals surface area contributed by atoms with Gasteiger partial charge in [-0.2, -0.15) is 0 Å². The maximum absolute atomic E-state index is 11.8. The van der Waals surface area contributed by atoms with Crippen LogP contribution in [-0.2, 0) is 0 Å². The van der Waals surface area contributed by atoms with Crippen LogP contribution in [-0.4, -0.2) is 10.9 Å². The Balaban J connectivity index is 2.21. The van der Waals surface area contributed by atoms with Crippen LogP contribution < -0.4 is 16.6 Å². The van der Waals surface area contributed by atoms with Crippen molar-refractivity contribution in [3.05, 3.63) is 56.9 Å². The molecule has 0 radical (unpaired) electrons. The predicted octanol–water partition coefficient (Wildman–Crippen LogP) is 1.97. The molecule has 0 spiro atoms. The van der Waals surface area contributed by atoms with E-state index in [2.05, 4.69) is 26.2 Å². The van der Waals surface area contributed by atoms with Gasteiger partial charge in [0.05, 0.1) is 0 Å². The molecule has 1 aromatic carbocycles. The van der Waals surface area contributed by atoms with E-state index in [0.29, 0.717) is 15.8 Å². The summed E-state index contributed by atoms with van der Waals surface area (Å²) in [5.74, 6) is -0.385. The van der Waals surface area contributed by atoms with E-state index in [1.807, 2.05) is 0 Å². The molecule has 0 saturated carbocycles. The summed E-state index contributed by atoms with van der Waals surface area (Å²) < 4.78 is 0.696. The van der Waals surface area contributed by atoms with Gasteiger partial charge in [-0.15, -0.1) is 0 Å². The molecule has 0 unspecified atom stereocenters. The largest absolute Gasteiger partial charge is 0.398 e. The van der Waals surface area contributed by atoms with Crippen LogP contribution in [0.25, 0.3) is 0 Å². The number of nitrogens with two attached hydrogens (primary N) is 1. The summed E-state index contributed by atoms with van der Waals surface area (Å²) in [6, 6.07) is 9.44. The van der Waals surface area contributed by atoms with Gasteiger partial charge in [-0.25, -0.2) is 0 Å². The number of aromatic amines is 1. The van der Waals surface area contributed by atoms with Crippen LogP contribution in [0.2, 0.25) is 0 Å². The minimum absolute atomic E-state index is 0.204. The molecule has 0 atom stereocenters. The average Bonchev–Trinajstić information content (AvgIpc) is 2.34. The van der Waals surface area contributed by atoms with Crippen LogP contribution in [0.1, 0.15) is 10.5 Å². The van der Waals surface area contributed by atoms with E-state index in [4.69, 9.17) is 5.73 Å². The number of carbonyl (C=O) groups is 1. The number of hydrogen-bond donors (Lipinski definition) is 3. The molecule has 2 aromatic rings. The summed E-state index contributed by atoms with van der Waals surface area (Å²) >= 11 is 3.27. The Labute approximate surface area is 111 Å². The molecule has 0 aliphatic heterocycles. The highest BCUT2D eigenvalue weighted by Crippen LogP contribution is 2.23. The Morgan fingerprint density at radius 3 is 2.72 bits per heavy atom. The fourth-order valence-corrected chi connectivity index (χ4v) is 1.76. The number of pyridine rings is 1. The van der Waals surface area contributed by atoms with Gasteiger partial charge in [-0.05, 0) is 40.2 Å². The zero-order valence-corrected chi connectivity index (χ0v) is 10.8. The second-order valence-electron chi connectivity index (χ2n) is 3.62. The topological polar surface area (TPSA) is 88.0 Å². The van der Waals surface area contributed by atoms with Crippen molar-refractivity contribution in [2.45, 2.75) is 0 Å². The lowest BCUT2D eigenvalue weighted by Gasteiger charge is -2.06. The number of amides is 1. The number of nitrogen functional groups attached to an aromatic ring is 1. The van der Waals surface area contributed by atoms with Crippen LogP contribution in [0.15, 0.2) is 45.7 Å². The molecule has 1 amide bonds. The highest BCUT2D eigenvalue weighted by molar-refractivity contribution is 9.10. The van der Waals surface area contributed by atoms with E-state index in [0.717, 1.165) is 0 Å². The Bertz CT molecular complexity index is 652. The fourth-order valence-electron chi connectivity index (χ4n) is 1.38. The number of aromatic nitrogens is 1. The second kappa shape index (κ2) is 5.05. The smallest absolute Gasteiger partial charge is 0.272 e. The summed E-state index contributed by atoms with van der Waals surface area (Å²) in [5, 5.41) is 2.66. The van der Waals surface area contributed by atoms with Crippen molar-refractivity contribution in [1.82, 2.24) is 4.98 Å². The van der Waals surface area contributed by atoms with Crippen molar-refractivity contribution in [3.8, 4) is 0 Å². The highest BCUT2D eigenvalue weighted by Gasteiger charge is 2.07. The molecule has 1 heterocycles. The lowest BCUT2D eigenvalue weighted by atomic mass is 10.2. The van der Waals surface area contributed by atoms with Crippen LogP contribution in [0.5, 0.6) is 0 Å². The van der Waals surface area contributed by atoms with Gasteiger partial charge >= 0.3 is 0 Å². The normalized spacial score (nSPS) is 10.1. The van der Waals surface area contributed by atoms with Crippen LogP contribution in [0.3, 0.4) is 0 Å². The van der Waals surface area contributed by atoms with Gasteiger partial charge in [-0.1, -0.05) is 6.07 Å². The zero-order valence-electron chi connectivity index (χ0n) is 9.24. The summed E-state index contributed by atoms with van der Waals surface area (Å²) in [5.41, 5.74) is 6.70. The molecule has 0 bridgehead atoms. The molecule has 92 valence electrons. The lowest BCUT2D eigenvalue weighted by molar-refractivity contribution is 0.102. The van der Waals surface area contributed by atoms with Crippen LogP contribution in [0.4, 0.5) is 11.4 Å². The third-order valence-electron chi connectivity index (χ3n) is 2.27. The van der Waals surface area contributed by atoms with E-state index in [1.54, 1.807) is 18.2 Å². The monoisotopic (exact) mass is 307 g/mol. The molecular weight excluding hydrogens is 298 g/mol. The van der Waals surface area contributed by atoms with E-state index in [-0.39, 0.29) is 17.2 Å². The Morgan fingerprint density at radius 2 is 2.06 bits per heavy atom. The zero-order chi connectivity index (χ0) is 13.1. The molecule has 4 N–H and O–H groups in total. The van der Waals surface area contributed by atoms with Crippen LogP contribution in [0, 0.1) is 0 Å². The number of nitrogens with one attached hydrogen (secondary N) is 2. The first kappa shape index (κ1) is 12.4. The molecular formula is C12H10BrN3O2. The van der Waals surface area contributed by atoms with Gasteiger partial charge in [0, 0.05) is 21.9 Å². The first-order valence-electron chi connectivity index (χ1n) is 5.12. The van der Waals surface area contributed by atoms with Crippen molar-refractivity contribution in [2.75, 3.05) is 11.1 Å². The number of halogens is 1. The minimum atomic E-state index is -0.385. The second-order valence-corrected chi connectivity index (χ2v) is 4.47. The van der Waals surface area contributed by atoms with Gasteiger partial charge in [0.15, 0.2) is 0 Å². The number of benzene rings is 1. The lowest BCUT2D eigenvalue weighted by Crippen LogP contribution is -2.17. The quantitative estimate of drug-likeness (QED) is 0.741. The first-order valence-corrected chi connectivity index (χ1v) is 5.91. The predicted molar refractivity (Wildman–Crippen MR) is 73.6 cm³/mol. The number of H-pyrrole nitrogens is 1. The van der Waals surface area contributed by atoms with E-state index >= 15 is 0 Å². The molecule has 0 saturated heterocycles. The average molecular weight is 308 g/mol. The Morgan fingerprint density at radius 1 is 1.28 bits per heavy atom. The number of hydrogen-bond acceptors (Lipinski definition) is 3. The molecule has 2 rings (SSSR count). The molecule has 5 nitrogen and oxygen atoms in total. The summed E-state index contributed by atoms with van der Waals surface area (Å²) in [7, 11) is 0. The molecule has 1 aromatic heterocycles.